The number of thioether (sulfide) groups is 1. The minimum Gasteiger partial charge on any atom is -0.390 e. The summed E-state index contributed by atoms with van der Waals surface area (Å²) in [6.45, 7) is 1.31. The number of aliphatic hydroxyl groups excluding tert-OH is 1. The molecule has 5 heteroatoms. The number of hydrogen-bond acceptors (Lipinski definition) is 5. The van der Waals surface area contributed by atoms with Crippen LogP contribution in [0.2, 0.25) is 0 Å². The number of rotatable bonds is 9. The molecule has 0 aliphatic rings. The van der Waals surface area contributed by atoms with E-state index in [4.69, 9.17) is 9.47 Å². The van der Waals surface area contributed by atoms with Crippen molar-refractivity contribution in [2.45, 2.75) is 11.0 Å². The maximum Gasteiger partial charge on any atom is 0.150 e. The molecule has 0 amide bonds. The molecule has 4 nitrogen and oxygen atoms in total. The Morgan fingerprint density at radius 2 is 2.28 bits per heavy atom. The van der Waals surface area contributed by atoms with Crippen molar-refractivity contribution in [3.05, 3.63) is 29.8 Å². The molecule has 1 atom stereocenters. The van der Waals surface area contributed by atoms with E-state index in [0.29, 0.717) is 31.1 Å². The fourth-order valence-electron chi connectivity index (χ4n) is 1.28. The van der Waals surface area contributed by atoms with E-state index in [9.17, 15) is 9.90 Å². The largest absolute Gasteiger partial charge is 0.390 e. The van der Waals surface area contributed by atoms with Gasteiger partial charge < -0.3 is 14.6 Å². The molecule has 0 aliphatic heterocycles. The second-order valence-electron chi connectivity index (χ2n) is 3.72. The third-order valence-electron chi connectivity index (χ3n) is 2.18. The minimum absolute atomic E-state index is 0.295. The average molecular weight is 270 g/mol. The molecule has 0 aromatic heterocycles. The smallest absolute Gasteiger partial charge is 0.150 e. The highest BCUT2D eigenvalue weighted by molar-refractivity contribution is 7.99. The van der Waals surface area contributed by atoms with Crippen molar-refractivity contribution < 1.29 is 19.4 Å². The van der Waals surface area contributed by atoms with Gasteiger partial charge in [0.2, 0.25) is 0 Å². The quantitative estimate of drug-likeness (QED) is 0.420. The minimum atomic E-state index is -0.522. The van der Waals surface area contributed by atoms with Crippen molar-refractivity contribution in [2.24, 2.45) is 0 Å². The van der Waals surface area contributed by atoms with E-state index in [0.717, 1.165) is 11.2 Å². The lowest BCUT2D eigenvalue weighted by molar-refractivity contribution is 0.0218. The summed E-state index contributed by atoms with van der Waals surface area (Å²) in [7, 11) is 1.61. The molecule has 0 aliphatic carbocycles. The van der Waals surface area contributed by atoms with Crippen molar-refractivity contribution in [1.29, 1.82) is 0 Å². The maximum absolute atomic E-state index is 10.6. The molecule has 1 N–H and O–H groups in total. The molecule has 0 saturated heterocycles. The summed E-state index contributed by atoms with van der Waals surface area (Å²) in [5.41, 5.74) is 0.644. The lowest BCUT2D eigenvalue weighted by atomic mass is 10.2. The Morgan fingerprint density at radius 1 is 1.44 bits per heavy atom. The molecular formula is C13H18O4S. The van der Waals surface area contributed by atoms with Gasteiger partial charge in [0.1, 0.15) is 6.29 Å². The monoisotopic (exact) mass is 270 g/mol. The van der Waals surface area contributed by atoms with E-state index < -0.39 is 6.10 Å². The van der Waals surface area contributed by atoms with Gasteiger partial charge in [0, 0.05) is 23.3 Å². The van der Waals surface area contributed by atoms with Crippen LogP contribution in [0.4, 0.5) is 0 Å². The van der Waals surface area contributed by atoms with E-state index in [1.165, 1.54) is 11.8 Å². The Kier molecular flexibility index (Phi) is 7.68. The molecule has 0 radical (unpaired) electrons. The van der Waals surface area contributed by atoms with Gasteiger partial charge in [-0.25, -0.2) is 0 Å². The van der Waals surface area contributed by atoms with Crippen molar-refractivity contribution in [2.75, 3.05) is 32.7 Å². The summed E-state index contributed by atoms with van der Waals surface area (Å²) in [4.78, 5) is 11.6. The summed E-state index contributed by atoms with van der Waals surface area (Å²) in [5.74, 6) is 0.537. The van der Waals surface area contributed by atoms with Gasteiger partial charge in [0.25, 0.3) is 0 Å². The molecule has 0 spiro atoms. The van der Waals surface area contributed by atoms with Gasteiger partial charge in [-0.3, -0.25) is 4.79 Å². The first kappa shape index (κ1) is 15.2. The molecule has 0 bridgehead atoms. The fourth-order valence-corrected chi connectivity index (χ4v) is 2.16. The standard InChI is InChI=1S/C13H18O4S/c1-16-5-6-17-9-12(15)10-18-13-4-2-3-11(7-13)8-14/h2-4,7-8,12,15H,5-6,9-10H2,1H3. The zero-order valence-electron chi connectivity index (χ0n) is 10.4. The second-order valence-corrected chi connectivity index (χ2v) is 4.82. The molecule has 1 aromatic carbocycles. The fraction of sp³-hybridized carbons (Fsp3) is 0.462. The van der Waals surface area contributed by atoms with Crippen molar-refractivity contribution in [3.8, 4) is 0 Å². The van der Waals surface area contributed by atoms with Crippen molar-refractivity contribution in [1.82, 2.24) is 0 Å². The molecule has 100 valence electrons. The Bertz CT molecular complexity index is 357. The van der Waals surface area contributed by atoms with Gasteiger partial charge >= 0.3 is 0 Å². The molecule has 0 saturated carbocycles. The number of methoxy groups -OCH3 is 1. The number of ether oxygens (including phenoxy) is 2. The summed E-state index contributed by atoms with van der Waals surface area (Å²) < 4.78 is 10.1. The first-order valence-electron chi connectivity index (χ1n) is 5.69. The molecule has 1 aromatic rings. The first-order valence-corrected chi connectivity index (χ1v) is 6.67. The van der Waals surface area contributed by atoms with Crippen LogP contribution < -0.4 is 0 Å². The van der Waals surface area contributed by atoms with E-state index >= 15 is 0 Å². The van der Waals surface area contributed by atoms with Crippen LogP contribution in [-0.2, 0) is 9.47 Å². The Balaban J connectivity index is 2.24. The van der Waals surface area contributed by atoms with E-state index in [1.807, 2.05) is 12.1 Å². The van der Waals surface area contributed by atoms with E-state index in [1.54, 1.807) is 19.2 Å². The van der Waals surface area contributed by atoms with Crippen LogP contribution in [0, 0.1) is 0 Å². The SMILES string of the molecule is COCCOCC(O)CSc1cccc(C=O)c1. The third-order valence-corrected chi connectivity index (χ3v) is 3.32. The zero-order chi connectivity index (χ0) is 13.2. The number of aldehydes is 1. The highest BCUT2D eigenvalue weighted by Crippen LogP contribution is 2.19. The lowest BCUT2D eigenvalue weighted by Crippen LogP contribution is -2.19. The number of carbonyl (C=O) groups excluding carboxylic acids is 1. The third kappa shape index (κ3) is 6.16. The Hall–Kier alpha value is -0.880. The second kappa shape index (κ2) is 9.10. The predicted molar refractivity (Wildman–Crippen MR) is 71.3 cm³/mol. The van der Waals surface area contributed by atoms with Crippen molar-refractivity contribution >= 4 is 18.0 Å². The van der Waals surface area contributed by atoms with Gasteiger partial charge in [0.15, 0.2) is 0 Å². The molecule has 0 fully saturated rings. The van der Waals surface area contributed by atoms with Crippen LogP contribution >= 0.6 is 11.8 Å². The van der Waals surface area contributed by atoms with E-state index in [-0.39, 0.29) is 0 Å². The Labute approximate surface area is 111 Å². The number of benzene rings is 1. The van der Waals surface area contributed by atoms with Gasteiger partial charge in [-0.05, 0) is 12.1 Å². The van der Waals surface area contributed by atoms with Crippen LogP contribution in [0.5, 0.6) is 0 Å². The predicted octanol–water partition coefficient (Wildman–Crippen LogP) is 1.62. The highest BCUT2D eigenvalue weighted by Gasteiger charge is 2.05. The van der Waals surface area contributed by atoms with Crippen LogP contribution in [0.1, 0.15) is 10.4 Å². The zero-order valence-corrected chi connectivity index (χ0v) is 11.2. The van der Waals surface area contributed by atoms with Gasteiger partial charge in [0.05, 0.1) is 25.9 Å². The number of carbonyl (C=O) groups is 1. The molecular weight excluding hydrogens is 252 g/mol. The van der Waals surface area contributed by atoms with Gasteiger partial charge in [-0.15, -0.1) is 11.8 Å². The maximum atomic E-state index is 10.6. The van der Waals surface area contributed by atoms with E-state index in [2.05, 4.69) is 0 Å². The topological polar surface area (TPSA) is 55.8 Å². The number of hydrogen-bond donors (Lipinski definition) is 1. The Morgan fingerprint density at radius 3 is 3.00 bits per heavy atom. The van der Waals surface area contributed by atoms with Gasteiger partial charge in [-0.2, -0.15) is 0 Å². The first-order chi connectivity index (χ1) is 8.76. The average Bonchev–Trinajstić information content (AvgIpc) is 2.41. The van der Waals surface area contributed by atoms with Crippen LogP contribution in [0.25, 0.3) is 0 Å². The highest BCUT2D eigenvalue weighted by atomic mass is 32.2. The molecule has 1 unspecified atom stereocenters. The molecule has 18 heavy (non-hydrogen) atoms. The number of aliphatic hydroxyl groups is 1. The summed E-state index contributed by atoms with van der Waals surface area (Å²) >= 11 is 1.50. The normalized spacial score (nSPS) is 12.3. The van der Waals surface area contributed by atoms with Crippen LogP contribution in [0.3, 0.4) is 0 Å². The molecule has 1 rings (SSSR count). The van der Waals surface area contributed by atoms with Gasteiger partial charge in [-0.1, -0.05) is 12.1 Å². The molecule has 0 heterocycles. The van der Waals surface area contributed by atoms with Crippen LogP contribution in [-0.4, -0.2) is 50.2 Å². The lowest BCUT2D eigenvalue weighted by Gasteiger charge is -2.10. The van der Waals surface area contributed by atoms with Crippen LogP contribution in [0.15, 0.2) is 29.2 Å². The van der Waals surface area contributed by atoms with Crippen molar-refractivity contribution in [3.63, 3.8) is 0 Å². The summed E-state index contributed by atoms with van der Waals surface area (Å²) in [6, 6.07) is 7.29. The summed E-state index contributed by atoms with van der Waals surface area (Å²) in [5, 5.41) is 9.68. The summed E-state index contributed by atoms with van der Waals surface area (Å²) in [6.07, 6.45) is 0.292.